The van der Waals surface area contributed by atoms with E-state index >= 15 is 0 Å². The van der Waals surface area contributed by atoms with Crippen molar-refractivity contribution < 1.29 is 27.5 Å². The number of halogens is 3. The summed E-state index contributed by atoms with van der Waals surface area (Å²) >= 11 is 0. The second kappa shape index (κ2) is 10.4. The number of carbonyl (C=O) groups is 1. The maximum atomic E-state index is 13.0. The Bertz CT molecular complexity index is 793. The summed E-state index contributed by atoms with van der Waals surface area (Å²) in [6.45, 7) is 2.30. The number of pyridine rings is 1. The predicted molar refractivity (Wildman–Crippen MR) is 97.8 cm³/mol. The SMILES string of the molecule is CCOC(=O)CCCCON=C(c1cccnc1)c1cccc(C(F)(F)F)c1. The summed E-state index contributed by atoms with van der Waals surface area (Å²) in [5.41, 5.74) is 0.295. The van der Waals surface area contributed by atoms with E-state index in [4.69, 9.17) is 9.57 Å². The quantitative estimate of drug-likeness (QED) is 0.270. The number of esters is 1. The number of rotatable bonds is 9. The zero-order chi connectivity index (χ0) is 20.4. The van der Waals surface area contributed by atoms with Crippen LogP contribution in [-0.4, -0.2) is 29.9 Å². The van der Waals surface area contributed by atoms with Gasteiger partial charge in [0.25, 0.3) is 0 Å². The van der Waals surface area contributed by atoms with Crippen molar-refractivity contribution >= 4 is 11.7 Å². The lowest BCUT2D eigenvalue weighted by Crippen LogP contribution is -2.10. The minimum Gasteiger partial charge on any atom is -0.466 e. The van der Waals surface area contributed by atoms with E-state index in [0.717, 1.165) is 12.1 Å². The number of unbranched alkanes of at least 4 members (excludes halogenated alkanes) is 1. The monoisotopic (exact) mass is 394 g/mol. The zero-order valence-corrected chi connectivity index (χ0v) is 15.4. The largest absolute Gasteiger partial charge is 0.466 e. The Balaban J connectivity index is 2.09. The summed E-state index contributed by atoms with van der Waals surface area (Å²) < 4.78 is 43.9. The molecule has 0 N–H and O–H groups in total. The lowest BCUT2D eigenvalue weighted by atomic mass is 10.0. The second-order valence-electron chi connectivity index (χ2n) is 5.86. The third-order valence-electron chi connectivity index (χ3n) is 3.73. The summed E-state index contributed by atoms with van der Waals surface area (Å²) in [7, 11) is 0. The molecule has 28 heavy (non-hydrogen) atoms. The van der Waals surface area contributed by atoms with Crippen molar-refractivity contribution in [2.24, 2.45) is 5.16 Å². The molecule has 0 radical (unpaired) electrons. The fraction of sp³-hybridized carbons (Fsp3) is 0.350. The van der Waals surface area contributed by atoms with E-state index in [1.165, 1.54) is 18.3 Å². The molecule has 5 nitrogen and oxygen atoms in total. The number of benzene rings is 1. The number of hydrogen-bond donors (Lipinski definition) is 0. The molecule has 0 bridgehead atoms. The molecule has 1 heterocycles. The van der Waals surface area contributed by atoms with Crippen LogP contribution in [0.15, 0.2) is 53.9 Å². The van der Waals surface area contributed by atoms with Crippen LogP contribution in [0.2, 0.25) is 0 Å². The average Bonchev–Trinajstić information content (AvgIpc) is 2.68. The Labute approximate surface area is 161 Å². The molecular formula is C20H21F3N2O3. The van der Waals surface area contributed by atoms with Crippen molar-refractivity contribution in [3.63, 3.8) is 0 Å². The second-order valence-corrected chi connectivity index (χ2v) is 5.86. The highest BCUT2D eigenvalue weighted by Gasteiger charge is 2.30. The van der Waals surface area contributed by atoms with Crippen LogP contribution >= 0.6 is 0 Å². The Hall–Kier alpha value is -2.90. The number of ether oxygens (including phenoxy) is 1. The third-order valence-corrected chi connectivity index (χ3v) is 3.73. The molecule has 0 aliphatic heterocycles. The van der Waals surface area contributed by atoms with Crippen LogP contribution in [0.1, 0.15) is 42.9 Å². The number of oxime groups is 1. The van der Waals surface area contributed by atoms with Crippen molar-refractivity contribution in [1.29, 1.82) is 0 Å². The molecule has 150 valence electrons. The normalized spacial score (nSPS) is 11.9. The lowest BCUT2D eigenvalue weighted by molar-refractivity contribution is -0.143. The Morgan fingerprint density at radius 2 is 1.93 bits per heavy atom. The smallest absolute Gasteiger partial charge is 0.416 e. The highest BCUT2D eigenvalue weighted by Crippen LogP contribution is 2.30. The van der Waals surface area contributed by atoms with Gasteiger partial charge in [-0.1, -0.05) is 17.3 Å². The summed E-state index contributed by atoms with van der Waals surface area (Å²) in [5.74, 6) is -0.272. The average molecular weight is 394 g/mol. The van der Waals surface area contributed by atoms with Crippen molar-refractivity contribution in [3.8, 4) is 0 Å². The molecule has 0 fully saturated rings. The molecule has 0 saturated heterocycles. The van der Waals surface area contributed by atoms with Crippen molar-refractivity contribution in [2.45, 2.75) is 32.4 Å². The molecule has 0 spiro atoms. The molecule has 0 amide bonds. The highest BCUT2D eigenvalue weighted by molar-refractivity contribution is 6.12. The van der Waals surface area contributed by atoms with Crippen LogP contribution in [0, 0.1) is 0 Å². The highest BCUT2D eigenvalue weighted by atomic mass is 19.4. The number of alkyl halides is 3. The number of nitrogens with zero attached hydrogens (tertiary/aromatic N) is 2. The number of aromatic nitrogens is 1. The van der Waals surface area contributed by atoms with Gasteiger partial charge in [0.15, 0.2) is 0 Å². The molecule has 0 atom stereocenters. The van der Waals surface area contributed by atoms with Crippen LogP contribution in [-0.2, 0) is 20.5 Å². The molecule has 2 rings (SSSR count). The van der Waals surface area contributed by atoms with E-state index in [2.05, 4.69) is 10.1 Å². The van der Waals surface area contributed by atoms with E-state index in [9.17, 15) is 18.0 Å². The molecular weight excluding hydrogens is 373 g/mol. The molecule has 0 aliphatic carbocycles. The molecule has 1 aromatic heterocycles. The molecule has 0 unspecified atom stereocenters. The first-order chi connectivity index (χ1) is 13.4. The fourth-order valence-corrected chi connectivity index (χ4v) is 2.40. The van der Waals surface area contributed by atoms with Gasteiger partial charge in [0.1, 0.15) is 12.3 Å². The van der Waals surface area contributed by atoms with Gasteiger partial charge in [-0.15, -0.1) is 0 Å². The van der Waals surface area contributed by atoms with Crippen LogP contribution in [0.5, 0.6) is 0 Å². The van der Waals surface area contributed by atoms with E-state index in [0.29, 0.717) is 25.0 Å². The van der Waals surface area contributed by atoms with Crippen molar-refractivity contribution in [2.75, 3.05) is 13.2 Å². The third kappa shape index (κ3) is 6.68. The van der Waals surface area contributed by atoms with Gasteiger partial charge in [0.2, 0.25) is 0 Å². The fourth-order valence-electron chi connectivity index (χ4n) is 2.40. The zero-order valence-electron chi connectivity index (χ0n) is 15.4. The van der Waals surface area contributed by atoms with Gasteiger partial charge in [-0.05, 0) is 44.0 Å². The Morgan fingerprint density at radius 3 is 2.61 bits per heavy atom. The minimum absolute atomic E-state index is 0.224. The summed E-state index contributed by atoms with van der Waals surface area (Å²) in [4.78, 5) is 20.6. The van der Waals surface area contributed by atoms with Gasteiger partial charge in [-0.3, -0.25) is 9.78 Å². The predicted octanol–water partition coefficient (Wildman–Crippen LogP) is 4.60. The first-order valence-electron chi connectivity index (χ1n) is 8.85. The van der Waals surface area contributed by atoms with Crippen LogP contribution in [0.4, 0.5) is 13.2 Å². The van der Waals surface area contributed by atoms with Crippen LogP contribution in [0.25, 0.3) is 0 Å². The lowest BCUT2D eigenvalue weighted by Gasteiger charge is -2.11. The minimum atomic E-state index is -4.45. The van der Waals surface area contributed by atoms with Gasteiger partial charge in [-0.2, -0.15) is 13.2 Å². The van der Waals surface area contributed by atoms with E-state index in [-0.39, 0.29) is 30.3 Å². The van der Waals surface area contributed by atoms with E-state index in [1.54, 1.807) is 25.3 Å². The van der Waals surface area contributed by atoms with Gasteiger partial charge < -0.3 is 9.57 Å². The number of carbonyl (C=O) groups excluding carboxylic acids is 1. The van der Waals surface area contributed by atoms with Gasteiger partial charge in [-0.25, -0.2) is 0 Å². The van der Waals surface area contributed by atoms with E-state index < -0.39 is 11.7 Å². The molecule has 0 aliphatic rings. The Morgan fingerprint density at radius 1 is 1.14 bits per heavy atom. The molecule has 2 aromatic rings. The van der Waals surface area contributed by atoms with Crippen LogP contribution < -0.4 is 0 Å². The van der Waals surface area contributed by atoms with Gasteiger partial charge in [0, 0.05) is 29.9 Å². The molecule has 1 aromatic carbocycles. The first kappa shape index (κ1) is 21.4. The Kier molecular flexibility index (Phi) is 7.98. The van der Waals surface area contributed by atoms with Crippen LogP contribution in [0.3, 0.4) is 0 Å². The summed E-state index contributed by atoms with van der Waals surface area (Å²) in [6.07, 6.45) is 0.0199. The standard InChI is InChI=1S/C20H21F3N2O3/c1-2-27-18(26)10-3-4-12-28-25-19(16-8-6-11-24-14-16)15-7-5-9-17(13-15)20(21,22)23/h5-9,11,13-14H,2-4,10,12H2,1H3. The maximum Gasteiger partial charge on any atom is 0.416 e. The van der Waals surface area contributed by atoms with E-state index in [1.807, 2.05) is 0 Å². The topological polar surface area (TPSA) is 60.8 Å². The van der Waals surface area contributed by atoms with Crippen molar-refractivity contribution in [3.05, 3.63) is 65.5 Å². The van der Waals surface area contributed by atoms with Crippen molar-refractivity contribution in [1.82, 2.24) is 4.98 Å². The van der Waals surface area contributed by atoms with Gasteiger partial charge in [0.05, 0.1) is 12.2 Å². The maximum absolute atomic E-state index is 13.0. The molecule has 8 heteroatoms. The van der Waals surface area contributed by atoms with Gasteiger partial charge >= 0.3 is 12.1 Å². The first-order valence-corrected chi connectivity index (χ1v) is 8.85. The summed E-state index contributed by atoms with van der Waals surface area (Å²) in [6, 6.07) is 8.24. The number of hydrogen-bond acceptors (Lipinski definition) is 5. The summed E-state index contributed by atoms with van der Waals surface area (Å²) in [5, 5.41) is 4.03. The molecule has 0 saturated carbocycles.